The van der Waals surface area contributed by atoms with Crippen molar-refractivity contribution in [2.75, 3.05) is 26.9 Å². The molecule has 0 heterocycles. The maximum absolute atomic E-state index is 11.1. The summed E-state index contributed by atoms with van der Waals surface area (Å²) < 4.78 is 9.65. The van der Waals surface area contributed by atoms with Gasteiger partial charge in [-0.2, -0.15) is 0 Å². The van der Waals surface area contributed by atoms with Crippen LogP contribution in [0.15, 0.2) is 0 Å². The first-order chi connectivity index (χ1) is 6.45. The predicted octanol–water partition coefficient (Wildman–Crippen LogP) is 0.954. The standard InChI is InChI=1S/C10H21NO3/c1-10(2,3)11-6-5-9(12)14-8-7-13-4/h11H,5-8H2,1-4H3. The lowest BCUT2D eigenvalue weighted by atomic mass is 10.1. The summed E-state index contributed by atoms with van der Waals surface area (Å²) in [6.07, 6.45) is 0.404. The minimum atomic E-state index is -0.182. The molecule has 1 N–H and O–H groups in total. The SMILES string of the molecule is COCCOC(=O)CCNC(C)(C)C. The number of carbonyl (C=O) groups excluding carboxylic acids is 1. The molecule has 0 amide bonds. The van der Waals surface area contributed by atoms with E-state index in [2.05, 4.69) is 26.1 Å². The molecule has 0 radical (unpaired) electrons. The maximum Gasteiger partial charge on any atom is 0.307 e. The van der Waals surface area contributed by atoms with Gasteiger partial charge >= 0.3 is 5.97 Å². The molecule has 0 aliphatic heterocycles. The molecule has 0 aliphatic rings. The third kappa shape index (κ3) is 9.48. The summed E-state index contributed by atoms with van der Waals surface area (Å²) >= 11 is 0. The third-order valence-corrected chi connectivity index (χ3v) is 1.53. The molecular weight excluding hydrogens is 182 g/mol. The summed E-state index contributed by atoms with van der Waals surface area (Å²) in [5.74, 6) is -0.182. The van der Waals surface area contributed by atoms with Crippen LogP contribution >= 0.6 is 0 Å². The molecule has 14 heavy (non-hydrogen) atoms. The largest absolute Gasteiger partial charge is 0.463 e. The van der Waals surface area contributed by atoms with Gasteiger partial charge in [-0.1, -0.05) is 0 Å². The molecule has 0 aromatic rings. The summed E-state index contributed by atoms with van der Waals surface area (Å²) in [7, 11) is 1.58. The molecule has 0 spiro atoms. The minimum Gasteiger partial charge on any atom is -0.463 e. The van der Waals surface area contributed by atoms with Crippen LogP contribution in [0.5, 0.6) is 0 Å². The molecule has 4 heteroatoms. The van der Waals surface area contributed by atoms with Crippen molar-refractivity contribution in [3.05, 3.63) is 0 Å². The van der Waals surface area contributed by atoms with Crippen LogP contribution in [0.25, 0.3) is 0 Å². The van der Waals surface area contributed by atoms with Crippen molar-refractivity contribution in [3.8, 4) is 0 Å². The number of esters is 1. The molecule has 0 atom stereocenters. The monoisotopic (exact) mass is 203 g/mol. The number of ether oxygens (including phenoxy) is 2. The predicted molar refractivity (Wildman–Crippen MR) is 55.2 cm³/mol. The lowest BCUT2D eigenvalue weighted by Crippen LogP contribution is -2.37. The summed E-state index contributed by atoms with van der Waals surface area (Å²) in [5.41, 5.74) is 0.0484. The highest BCUT2D eigenvalue weighted by Crippen LogP contribution is 1.98. The molecule has 0 saturated carbocycles. The van der Waals surface area contributed by atoms with Crippen LogP contribution in [0.3, 0.4) is 0 Å². The topological polar surface area (TPSA) is 47.6 Å². The number of nitrogens with one attached hydrogen (secondary N) is 1. The first kappa shape index (κ1) is 13.4. The van der Waals surface area contributed by atoms with Gasteiger partial charge in [-0.3, -0.25) is 4.79 Å². The van der Waals surface area contributed by atoms with Gasteiger partial charge in [-0.25, -0.2) is 0 Å². The van der Waals surface area contributed by atoms with E-state index < -0.39 is 0 Å². The average molecular weight is 203 g/mol. The molecule has 0 aliphatic carbocycles. The second-order valence-corrected chi connectivity index (χ2v) is 4.14. The van der Waals surface area contributed by atoms with E-state index in [1.165, 1.54) is 0 Å². The summed E-state index contributed by atoms with van der Waals surface area (Å²) in [6.45, 7) is 7.62. The van der Waals surface area contributed by atoms with E-state index in [4.69, 9.17) is 9.47 Å². The molecule has 0 fully saturated rings. The van der Waals surface area contributed by atoms with Gasteiger partial charge in [0.1, 0.15) is 6.61 Å². The molecule has 0 saturated heterocycles. The summed E-state index contributed by atoms with van der Waals surface area (Å²) in [4.78, 5) is 11.1. The van der Waals surface area contributed by atoms with Gasteiger partial charge in [0.2, 0.25) is 0 Å². The second-order valence-electron chi connectivity index (χ2n) is 4.14. The van der Waals surface area contributed by atoms with Crippen molar-refractivity contribution >= 4 is 5.97 Å². The highest BCUT2D eigenvalue weighted by molar-refractivity contribution is 5.69. The van der Waals surface area contributed by atoms with Gasteiger partial charge in [0.25, 0.3) is 0 Å². The van der Waals surface area contributed by atoms with Crippen molar-refractivity contribution in [2.24, 2.45) is 0 Å². The van der Waals surface area contributed by atoms with E-state index in [-0.39, 0.29) is 11.5 Å². The fourth-order valence-electron chi connectivity index (χ4n) is 0.851. The highest BCUT2D eigenvalue weighted by atomic mass is 16.6. The van der Waals surface area contributed by atoms with Gasteiger partial charge in [0.15, 0.2) is 0 Å². The minimum absolute atomic E-state index is 0.0484. The van der Waals surface area contributed by atoms with Crippen molar-refractivity contribution in [3.63, 3.8) is 0 Å². The Bertz CT molecular complexity index is 163. The first-order valence-electron chi connectivity index (χ1n) is 4.85. The average Bonchev–Trinajstić information content (AvgIpc) is 2.02. The Labute approximate surface area is 86.0 Å². The molecule has 0 aromatic carbocycles. The zero-order valence-electron chi connectivity index (χ0n) is 9.55. The van der Waals surface area contributed by atoms with Crippen LogP contribution in [0, 0.1) is 0 Å². The Morgan fingerprint density at radius 2 is 1.93 bits per heavy atom. The number of rotatable bonds is 6. The smallest absolute Gasteiger partial charge is 0.307 e. The highest BCUT2D eigenvalue weighted by Gasteiger charge is 2.09. The van der Waals surface area contributed by atoms with Crippen LogP contribution in [0.2, 0.25) is 0 Å². The number of hydrogen-bond acceptors (Lipinski definition) is 4. The molecule has 0 rings (SSSR count). The third-order valence-electron chi connectivity index (χ3n) is 1.53. The molecule has 84 valence electrons. The van der Waals surface area contributed by atoms with Crippen LogP contribution in [-0.4, -0.2) is 38.4 Å². The summed E-state index contributed by atoms with van der Waals surface area (Å²) in [6, 6.07) is 0. The summed E-state index contributed by atoms with van der Waals surface area (Å²) in [5, 5.41) is 3.21. The van der Waals surface area contributed by atoms with E-state index in [1.807, 2.05) is 0 Å². The molecule has 0 bridgehead atoms. The number of hydrogen-bond donors (Lipinski definition) is 1. The van der Waals surface area contributed by atoms with Crippen LogP contribution in [0.4, 0.5) is 0 Å². The Hall–Kier alpha value is -0.610. The molecule has 4 nitrogen and oxygen atoms in total. The molecular formula is C10H21NO3. The number of carbonyl (C=O) groups is 1. The van der Waals surface area contributed by atoms with Crippen molar-refractivity contribution < 1.29 is 14.3 Å². The van der Waals surface area contributed by atoms with Gasteiger partial charge < -0.3 is 14.8 Å². The van der Waals surface area contributed by atoms with Gasteiger partial charge in [-0.15, -0.1) is 0 Å². The van der Waals surface area contributed by atoms with Crippen molar-refractivity contribution in [1.82, 2.24) is 5.32 Å². The Balaban J connectivity index is 3.36. The normalized spacial score (nSPS) is 11.4. The van der Waals surface area contributed by atoms with Gasteiger partial charge in [0, 0.05) is 19.2 Å². The van der Waals surface area contributed by atoms with Gasteiger partial charge in [0.05, 0.1) is 13.0 Å². The fraction of sp³-hybridized carbons (Fsp3) is 0.900. The van der Waals surface area contributed by atoms with Crippen molar-refractivity contribution in [2.45, 2.75) is 32.7 Å². The Morgan fingerprint density at radius 1 is 1.29 bits per heavy atom. The van der Waals surface area contributed by atoms with E-state index in [9.17, 15) is 4.79 Å². The van der Waals surface area contributed by atoms with E-state index in [0.29, 0.717) is 26.2 Å². The Morgan fingerprint density at radius 3 is 2.43 bits per heavy atom. The zero-order chi connectivity index (χ0) is 11.0. The quantitative estimate of drug-likeness (QED) is 0.516. The van der Waals surface area contributed by atoms with Crippen LogP contribution < -0.4 is 5.32 Å². The lowest BCUT2D eigenvalue weighted by Gasteiger charge is -2.19. The molecule has 0 unspecified atom stereocenters. The van der Waals surface area contributed by atoms with E-state index in [1.54, 1.807) is 7.11 Å². The number of methoxy groups -OCH3 is 1. The van der Waals surface area contributed by atoms with E-state index >= 15 is 0 Å². The second kappa shape index (κ2) is 6.79. The van der Waals surface area contributed by atoms with Crippen molar-refractivity contribution in [1.29, 1.82) is 0 Å². The molecule has 0 aromatic heterocycles. The van der Waals surface area contributed by atoms with Gasteiger partial charge in [-0.05, 0) is 20.8 Å². The maximum atomic E-state index is 11.1. The fourth-order valence-corrected chi connectivity index (χ4v) is 0.851. The lowest BCUT2D eigenvalue weighted by molar-refractivity contribution is -0.144. The van der Waals surface area contributed by atoms with Crippen LogP contribution in [-0.2, 0) is 14.3 Å². The zero-order valence-corrected chi connectivity index (χ0v) is 9.55. The first-order valence-corrected chi connectivity index (χ1v) is 4.85. The van der Waals surface area contributed by atoms with E-state index in [0.717, 1.165) is 0 Å². The Kier molecular flexibility index (Phi) is 6.49. The van der Waals surface area contributed by atoms with Crippen LogP contribution in [0.1, 0.15) is 27.2 Å².